The number of aryl methyl sites for hydroxylation is 1. The van der Waals surface area contributed by atoms with E-state index < -0.39 is 17.8 Å². The number of carbonyl (C=O) groups excluding carboxylic acids is 1. The fraction of sp³-hybridized carbons (Fsp3) is 0.211. The Morgan fingerprint density at radius 1 is 1.26 bits per heavy atom. The molecular formula is C19H14BrF3N6O2. The lowest BCUT2D eigenvalue weighted by molar-refractivity contribution is -0.141. The minimum atomic E-state index is -4.73. The maximum Gasteiger partial charge on any atom is 0.433 e. The van der Waals surface area contributed by atoms with Crippen LogP contribution in [-0.2, 0) is 12.7 Å². The van der Waals surface area contributed by atoms with Crippen LogP contribution in [0.4, 0.5) is 18.9 Å². The Labute approximate surface area is 181 Å². The van der Waals surface area contributed by atoms with Crippen molar-refractivity contribution in [3.63, 3.8) is 0 Å². The van der Waals surface area contributed by atoms with Gasteiger partial charge in [0.05, 0.1) is 28.8 Å². The van der Waals surface area contributed by atoms with Gasteiger partial charge in [0.15, 0.2) is 5.65 Å². The molecule has 1 amide bonds. The number of fused-ring (bicyclic) bond motifs is 1. The first-order valence-corrected chi connectivity index (χ1v) is 9.70. The Kier molecular flexibility index (Phi) is 5.25. The lowest BCUT2D eigenvalue weighted by Crippen LogP contribution is -2.17. The van der Waals surface area contributed by atoms with Crippen molar-refractivity contribution < 1.29 is 22.4 Å². The molecule has 0 aromatic carbocycles. The average Bonchev–Trinajstić information content (AvgIpc) is 3.30. The summed E-state index contributed by atoms with van der Waals surface area (Å²) in [5.41, 5.74) is -0.114. The molecule has 8 nitrogen and oxygen atoms in total. The topological polar surface area (TPSA) is 98.7 Å². The van der Waals surface area contributed by atoms with Gasteiger partial charge in [-0.25, -0.2) is 15.0 Å². The number of oxazole rings is 1. The molecule has 160 valence electrons. The van der Waals surface area contributed by atoms with Gasteiger partial charge in [-0.15, -0.1) is 0 Å². The van der Waals surface area contributed by atoms with Gasteiger partial charge in [-0.1, -0.05) is 0 Å². The van der Waals surface area contributed by atoms with E-state index in [2.05, 4.69) is 41.3 Å². The summed E-state index contributed by atoms with van der Waals surface area (Å²) in [6, 6.07) is 2.21. The summed E-state index contributed by atoms with van der Waals surface area (Å²) in [6.45, 7) is 3.64. The largest absolute Gasteiger partial charge is 0.447 e. The summed E-state index contributed by atoms with van der Waals surface area (Å²) in [4.78, 5) is 24.5. The third-order valence-electron chi connectivity index (χ3n) is 4.55. The van der Waals surface area contributed by atoms with E-state index in [9.17, 15) is 18.0 Å². The Balaban J connectivity index is 1.74. The summed E-state index contributed by atoms with van der Waals surface area (Å²) < 4.78 is 47.3. The molecule has 31 heavy (non-hydrogen) atoms. The fourth-order valence-electron chi connectivity index (χ4n) is 3.09. The number of hydrogen-bond acceptors (Lipinski definition) is 6. The van der Waals surface area contributed by atoms with E-state index in [1.165, 1.54) is 24.7 Å². The number of anilines is 1. The van der Waals surface area contributed by atoms with Gasteiger partial charge in [0.2, 0.25) is 5.89 Å². The highest BCUT2D eigenvalue weighted by Crippen LogP contribution is 2.32. The Bertz CT molecular complexity index is 1280. The van der Waals surface area contributed by atoms with Crippen molar-refractivity contribution in [2.45, 2.75) is 26.6 Å². The van der Waals surface area contributed by atoms with Crippen molar-refractivity contribution in [3.05, 3.63) is 63.8 Å². The molecule has 0 fully saturated rings. The number of halogens is 4. The number of rotatable bonds is 4. The van der Waals surface area contributed by atoms with Gasteiger partial charge in [-0.3, -0.25) is 9.48 Å². The van der Waals surface area contributed by atoms with E-state index in [1.54, 1.807) is 18.5 Å². The molecule has 0 spiro atoms. The molecular weight excluding hydrogens is 481 g/mol. The van der Waals surface area contributed by atoms with Crippen LogP contribution in [0, 0.1) is 13.8 Å². The summed E-state index contributed by atoms with van der Waals surface area (Å²) >= 11 is 3.22. The predicted molar refractivity (Wildman–Crippen MR) is 107 cm³/mol. The molecule has 4 heterocycles. The molecule has 4 aromatic heterocycles. The number of nitrogens with one attached hydrogen (secondary N) is 1. The van der Waals surface area contributed by atoms with E-state index in [1.807, 2.05) is 0 Å². The lowest BCUT2D eigenvalue weighted by atomic mass is 10.1. The van der Waals surface area contributed by atoms with E-state index in [4.69, 9.17) is 4.42 Å². The average molecular weight is 495 g/mol. The van der Waals surface area contributed by atoms with E-state index >= 15 is 0 Å². The van der Waals surface area contributed by atoms with Gasteiger partial charge in [0.25, 0.3) is 5.91 Å². The van der Waals surface area contributed by atoms with E-state index in [0.29, 0.717) is 33.5 Å². The third kappa shape index (κ3) is 4.15. The maximum absolute atomic E-state index is 13.3. The van der Waals surface area contributed by atoms with Gasteiger partial charge in [-0.2, -0.15) is 18.3 Å². The monoisotopic (exact) mass is 494 g/mol. The SMILES string of the molecule is Cc1nn(Cc2ncco2)c(C)c1NC(=O)c1cc(C(F)(F)F)nc2ncc(Br)cc12. The third-order valence-corrected chi connectivity index (χ3v) is 4.99. The number of nitrogens with zero attached hydrogens (tertiary/aromatic N) is 5. The molecule has 0 radical (unpaired) electrons. The molecule has 0 unspecified atom stereocenters. The van der Waals surface area contributed by atoms with Gasteiger partial charge < -0.3 is 9.73 Å². The summed E-state index contributed by atoms with van der Waals surface area (Å²) in [5.74, 6) is -0.311. The molecule has 0 saturated carbocycles. The molecule has 0 aliphatic rings. The minimum absolute atomic E-state index is 0.183. The molecule has 4 aromatic rings. The Morgan fingerprint density at radius 2 is 2.03 bits per heavy atom. The standard InChI is InChI=1S/C19H14BrF3N6O2/c1-9-16(10(2)29(28-9)8-15-24-3-4-31-15)27-18(30)13-6-14(19(21,22)23)26-17-12(13)5-11(20)7-25-17/h3-7H,8H2,1-2H3,(H,27,30). The lowest BCUT2D eigenvalue weighted by Gasteiger charge is -2.12. The van der Waals surface area contributed by atoms with Crippen molar-refractivity contribution in [1.29, 1.82) is 0 Å². The Hall–Kier alpha value is -3.28. The smallest absolute Gasteiger partial charge is 0.433 e. The molecule has 0 atom stereocenters. The highest BCUT2D eigenvalue weighted by atomic mass is 79.9. The van der Waals surface area contributed by atoms with Crippen molar-refractivity contribution >= 4 is 38.6 Å². The highest BCUT2D eigenvalue weighted by molar-refractivity contribution is 9.10. The van der Waals surface area contributed by atoms with Crippen LogP contribution >= 0.6 is 15.9 Å². The van der Waals surface area contributed by atoms with E-state index in [-0.39, 0.29) is 23.1 Å². The maximum atomic E-state index is 13.3. The number of hydrogen-bond donors (Lipinski definition) is 1. The number of aromatic nitrogens is 5. The second-order valence-electron chi connectivity index (χ2n) is 6.66. The second kappa shape index (κ2) is 7.76. The first-order valence-electron chi connectivity index (χ1n) is 8.90. The normalized spacial score (nSPS) is 11.8. The Morgan fingerprint density at radius 3 is 2.71 bits per heavy atom. The predicted octanol–water partition coefficient (Wildman–Crippen LogP) is 4.51. The van der Waals surface area contributed by atoms with Crippen LogP contribution in [0.3, 0.4) is 0 Å². The van der Waals surface area contributed by atoms with Crippen LogP contribution in [0.25, 0.3) is 11.0 Å². The first kappa shape index (κ1) is 21.0. The fourth-order valence-corrected chi connectivity index (χ4v) is 3.42. The van der Waals surface area contributed by atoms with Gasteiger partial charge >= 0.3 is 6.18 Å². The summed E-state index contributed by atoms with van der Waals surface area (Å²) in [7, 11) is 0. The van der Waals surface area contributed by atoms with Crippen molar-refractivity contribution in [2.75, 3.05) is 5.32 Å². The zero-order chi connectivity index (χ0) is 22.3. The molecule has 1 N–H and O–H groups in total. The second-order valence-corrected chi connectivity index (χ2v) is 7.58. The quantitative estimate of drug-likeness (QED) is 0.448. The zero-order valence-electron chi connectivity index (χ0n) is 16.2. The minimum Gasteiger partial charge on any atom is -0.447 e. The van der Waals surface area contributed by atoms with Crippen molar-refractivity contribution in [1.82, 2.24) is 24.7 Å². The van der Waals surface area contributed by atoms with Crippen molar-refractivity contribution in [2.24, 2.45) is 0 Å². The van der Waals surface area contributed by atoms with Crippen LogP contribution in [0.15, 0.2) is 39.7 Å². The van der Waals surface area contributed by atoms with E-state index in [0.717, 1.165) is 0 Å². The van der Waals surface area contributed by atoms with Crippen LogP contribution < -0.4 is 5.32 Å². The molecule has 0 aliphatic heterocycles. The van der Waals surface area contributed by atoms with Gasteiger partial charge in [0, 0.05) is 16.1 Å². The highest BCUT2D eigenvalue weighted by Gasteiger charge is 2.34. The molecule has 4 rings (SSSR count). The summed E-state index contributed by atoms with van der Waals surface area (Å²) in [5, 5.41) is 7.21. The van der Waals surface area contributed by atoms with Gasteiger partial charge in [0.1, 0.15) is 18.5 Å². The van der Waals surface area contributed by atoms with Crippen LogP contribution in [0.2, 0.25) is 0 Å². The molecule has 12 heteroatoms. The van der Waals surface area contributed by atoms with Gasteiger partial charge in [-0.05, 0) is 41.9 Å². The number of pyridine rings is 2. The zero-order valence-corrected chi connectivity index (χ0v) is 17.7. The van der Waals surface area contributed by atoms with Crippen LogP contribution in [-0.4, -0.2) is 30.6 Å². The molecule has 0 saturated heterocycles. The number of amides is 1. The van der Waals surface area contributed by atoms with Crippen LogP contribution in [0.5, 0.6) is 0 Å². The molecule has 0 bridgehead atoms. The van der Waals surface area contributed by atoms with Crippen LogP contribution in [0.1, 0.15) is 33.3 Å². The number of carbonyl (C=O) groups is 1. The van der Waals surface area contributed by atoms with Crippen molar-refractivity contribution in [3.8, 4) is 0 Å². The summed E-state index contributed by atoms with van der Waals surface area (Å²) in [6.07, 6.45) is -0.478. The number of alkyl halides is 3. The molecule has 0 aliphatic carbocycles. The first-order chi connectivity index (χ1) is 14.6.